The Kier molecular flexibility index (Phi) is 5.01. The largest absolute Gasteiger partial charge is 0.507 e. The zero-order valence-electron chi connectivity index (χ0n) is 10.2. The molecule has 0 unspecified atom stereocenters. The van der Waals surface area contributed by atoms with Crippen molar-refractivity contribution in [2.75, 3.05) is 0 Å². The van der Waals surface area contributed by atoms with Gasteiger partial charge in [-0.05, 0) is 24.6 Å². The standard InChI is InChI=1S/C12H12FNO6/c13-6-1-3-9(15)7(5-6)11(18)14-8(12(19)20)2-4-10(16)17/h1,3,5,8,15H,2,4H2,(H,14,18)(H,16,17)(H,19,20)/t8-/m0/s1. The number of hydrogen-bond donors (Lipinski definition) is 4. The van der Waals surface area contributed by atoms with Gasteiger partial charge in [0.15, 0.2) is 0 Å². The van der Waals surface area contributed by atoms with Crippen molar-refractivity contribution in [3.05, 3.63) is 29.6 Å². The summed E-state index contributed by atoms with van der Waals surface area (Å²) in [7, 11) is 0. The van der Waals surface area contributed by atoms with Crippen molar-refractivity contribution in [1.82, 2.24) is 5.32 Å². The van der Waals surface area contributed by atoms with Crippen molar-refractivity contribution in [1.29, 1.82) is 0 Å². The van der Waals surface area contributed by atoms with E-state index in [4.69, 9.17) is 10.2 Å². The molecule has 1 atom stereocenters. The molecule has 1 amide bonds. The highest BCUT2D eigenvalue weighted by Gasteiger charge is 2.23. The van der Waals surface area contributed by atoms with Gasteiger partial charge in [-0.25, -0.2) is 9.18 Å². The first-order valence-electron chi connectivity index (χ1n) is 5.55. The summed E-state index contributed by atoms with van der Waals surface area (Å²) in [5, 5.41) is 28.8. The number of hydrogen-bond acceptors (Lipinski definition) is 4. The van der Waals surface area contributed by atoms with Crippen LogP contribution in [-0.4, -0.2) is 39.2 Å². The highest BCUT2D eigenvalue weighted by Crippen LogP contribution is 2.18. The average Bonchev–Trinajstić information content (AvgIpc) is 2.36. The molecule has 0 spiro atoms. The van der Waals surface area contributed by atoms with Gasteiger partial charge >= 0.3 is 11.9 Å². The van der Waals surface area contributed by atoms with Gasteiger partial charge in [0.05, 0.1) is 5.56 Å². The van der Waals surface area contributed by atoms with Crippen LogP contribution in [-0.2, 0) is 9.59 Å². The van der Waals surface area contributed by atoms with Crippen molar-refractivity contribution in [2.45, 2.75) is 18.9 Å². The van der Waals surface area contributed by atoms with Crippen LogP contribution in [0.2, 0.25) is 0 Å². The highest BCUT2D eigenvalue weighted by atomic mass is 19.1. The molecule has 4 N–H and O–H groups in total. The fraction of sp³-hybridized carbons (Fsp3) is 0.250. The maximum absolute atomic E-state index is 13.0. The molecule has 0 saturated heterocycles. The molecule has 0 aliphatic carbocycles. The molecule has 0 aliphatic rings. The fourth-order valence-corrected chi connectivity index (χ4v) is 1.45. The van der Waals surface area contributed by atoms with Crippen molar-refractivity contribution < 1.29 is 34.1 Å². The number of phenolic OH excluding ortho intramolecular Hbond substituents is 1. The summed E-state index contributed by atoms with van der Waals surface area (Å²) in [6.45, 7) is 0. The van der Waals surface area contributed by atoms with Crippen LogP contribution < -0.4 is 5.32 Å². The number of rotatable bonds is 6. The Labute approximate surface area is 112 Å². The van der Waals surface area contributed by atoms with Crippen LogP contribution in [0.15, 0.2) is 18.2 Å². The number of amides is 1. The maximum atomic E-state index is 13.0. The first-order valence-corrected chi connectivity index (χ1v) is 5.55. The molecule has 0 heterocycles. The normalized spacial score (nSPS) is 11.7. The molecular formula is C12H12FNO6. The minimum Gasteiger partial charge on any atom is -0.507 e. The molecule has 7 nitrogen and oxygen atoms in total. The second kappa shape index (κ2) is 6.50. The van der Waals surface area contributed by atoms with E-state index >= 15 is 0 Å². The number of carboxylic acids is 2. The lowest BCUT2D eigenvalue weighted by molar-refractivity contribution is -0.140. The average molecular weight is 285 g/mol. The Morgan fingerprint density at radius 3 is 2.45 bits per heavy atom. The third kappa shape index (κ3) is 4.23. The second-order valence-electron chi connectivity index (χ2n) is 3.96. The molecule has 1 aromatic rings. The minimum atomic E-state index is -1.44. The summed E-state index contributed by atoms with van der Waals surface area (Å²) >= 11 is 0. The van der Waals surface area contributed by atoms with Crippen LogP contribution in [0.25, 0.3) is 0 Å². The minimum absolute atomic E-state index is 0.327. The zero-order valence-corrected chi connectivity index (χ0v) is 10.2. The molecule has 0 radical (unpaired) electrons. The first-order chi connectivity index (χ1) is 9.31. The van der Waals surface area contributed by atoms with E-state index in [0.29, 0.717) is 0 Å². The Morgan fingerprint density at radius 1 is 1.25 bits per heavy atom. The molecule has 1 rings (SSSR count). The van der Waals surface area contributed by atoms with Gasteiger partial charge in [-0.2, -0.15) is 0 Å². The number of halogens is 1. The van der Waals surface area contributed by atoms with E-state index in [0.717, 1.165) is 18.2 Å². The van der Waals surface area contributed by atoms with Gasteiger partial charge in [0.2, 0.25) is 0 Å². The number of phenols is 1. The number of carbonyl (C=O) groups is 3. The molecule has 0 bridgehead atoms. The number of aliphatic carboxylic acids is 2. The number of nitrogens with one attached hydrogen (secondary N) is 1. The SMILES string of the molecule is O=C(O)CC[C@H](NC(=O)c1cc(F)ccc1O)C(=O)O. The van der Waals surface area contributed by atoms with Crippen molar-refractivity contribution in [2.24, 2.45) is 0 Å². The highest BCUT2D eigenvalue weighted by molar-refractivity contribution is 5.98. The Hall–Kier alpha value is -2.64. The van der Waals surface area contributed by atoms with E-state index in [1.54, 1.807) is 0 Å². The summed E-state index contributed by atoms with van der Waals surface area (Å²) in [6.07, 6.45) is -0.779. The lowest BCUT2D eigenvalue weighted by Crippen LogP contribution is -2.41. The molecule has 0 saturated carbocycles. The smallest absolute Gasteiger partial charge is 0.326 e. The molecule has 0 aromatic heterocycles. The molecule has 20 heavy (non-hydrogen) atoms. The van der Waals surface area contributed by atoms with Crippen LogP contribution in [0.3, 0.4) is 0 Å². The van der Waals surface area contributed by atoms with Crippen molar-refractivity contribution in [3.63, 3.8) is 0 Å². The summed E-state index contributed by atoms with van der Waals surface area (Å²) < 4.78 is 13.0. The number of benzene rings is 1. The van der Waals surface area contributed by atoms with Gasteiger partial charge in [-0.3, -0.25) is 9.59 Å². The molecule has 108 valence electrons. The Balaban J connectivity index is 2.82. The van der Waals surface area contributed by atoms with E-state index in [1.807, 2.05) is 5.32 Å². The molecule has 8 heteroatoms. The lowest BCUT2D eigenvalue weighted by atomic mass is 10.1. The van der Waals surface area contributed by atoms with E-state index in [9.17, 15) is 23.9 Å². The summed E-state index contributed by atoms with van der Waals surface area (Å²) in [5.74, 6) is -4.91. The maximum Gasteiger partial charge on any atom is 0.326 e. The number of carboxylic acid groups (broad SMARTS) is 2. The zero-order chi connectivity index (χ0) is 15.3. The molecule has 0 aliphatic heterocycles. The Bertz CT molecular complexity index is 545. The predicted molar refractivity (Wildman–Crippen MR) is 63.8 cm³/mol. The van der Waals surface area contributed by atoms with E-state index in [1.165, 1.54) is 0 Å². The molecule has 0 fully saturated rings. The van der Waals surface area contributed by atoms with Gasteiger partial charge < -0.3 is 20.6 Å². The van der Waals surface area contributed by atoms with Gasteiger partial charge in [0, 0.05) is 6.42 Å². The van der Waals surface area contributed by atoms with Crippen molar-refractivity contribution in [3.8, 4) is 5.75 Å². The van der Waals surface area contributed by atoms with E-state index in [2.05, 4.69) is 0 Å². The van der Waals surface area contributed by atoms with Crippen molar-refractivity contribution >= 4 is 17.8 Å². The van der Waals surface area contributed by atoms with E-state index < -0.39 is 47.4 Å². The quantitative estimate of drug-likeness (QED) is 0.606. The van der Waals surface area contributed by atoms with Crippen LogP contribution in [0.5, 0.6) is 5.75 Å². The second-order valence-corrected chi connectivity index (χ2v) is 3.96. The van der Waals surface area contributed by atoms with Crippen LogP contribution in [0.4, 0.5) is 4.39 Å². The van der Waals surface area contributed by atoms with Gasteiger partial charge in [0.1, 0.15) is 17.6 Å². The van der Waals surface area contributed by atoms with Crippen LogP contribution in [0.1, 0.15) is 23.2 Å². The summed E-state index contributed by atoms with van der Waals surface area (Å²) in [6, 6.07) is 1.20. The van der Waals surface area contributed by atoms with Gasteiger partial charge in [0.25, 0.3) is 5.91 Å². The van der Waals surface area contributed by atoms with Gasteiger partial charge in [-0.1, -0.05) is 0 Å². The summed E-state index contributed by atoms with van der Waals surface area (Å²) in [4.78, 5) is 33.0. The Morgan fingerprint density at radius 2 is 1.90 bits per heavy atom. The monoisotopic (exact) mass is 285 g/mol. The number of carbonyl (C=O) groups excluding carboxylic acids is 1. The third-order valence-corrected chi connectivity index (χ3v) is 2.45. The first kappa shape index (κ1) is 15.4. The number of aromatic hydroxyl groups is 1. The van der Waals surface area contributed by atoms with Gasteiger partial charge in [-0.15, -0.1) is 0 Å². The summed E-state index contributed by atoms with van der Waals surface area (Å²) in [5.41, 5.74) is -0.424. The van der Waals surface area contributed by atoms with E-state index in [-0.39, 0.29) is 6.42 Å². The molecule has 1 aromatic carbocycles. The fourth-order valence-electron chi connectivity index (χ4n) is 1.45. The third-order valence-electron chi connectivity index (χ3n) is 2.45. The van der Waals surface area contributed by atoms with Crippen LogP contribution >= 0.6 is 0 Å². The predicted octanol–water partition coefficient (Wildman–Crippen LogP) is 0.579. The lowest BCUT2D eigenvalue weighted by Gasteiger charge is -2.14. The molecular weight excluding hydrogens is 273 g/mol. The topological polar surface area (TPSA) is 124 Å². The van der Waals surface area contributed by atoms with Crippen LogP contribution in [0, 0.1) is 5.82 Å².